The number of aliphatic hydroxyl groups is 1. The zero-order chi connectivity index (χ0) is 17.3. The first kappa shape index (κ1) is 16.8. The lowest BCUT2D eigenvalue weighted by atomic mass is 9.95. The van der Waals surface area contributed by atoms with E-state index in [0.717, 1.165) is 16.7 Å². The number of carboxylic acids is 1. The number of methoxy groups -OCH3 is 2. The number of hydrogen-bond acceptors (Lipinski definition) is 6. The van der Waals surface area contributed by atoms with E-state index in [4.69, 9.17) is 9.47 Å². The van der Waals surface area contributed by atoms with Crippen LogP contribution in [0, 0.1) is 0 Å². The van der Waals surface area contributed by atoms with E-state index in [1.807, 2.05) is 17.0 Å². The van der Waals surface area contributed by atoms with Crippen LogP contribution in [0.15, 0.2) is 23.6 Å². The van der Waals surface area contributed by atoms with Gasteiger partial charge in [0.05, 0.1) is 20.3 Å². The minimum absolute atomic E-state index is 0.341. The molecule has 0 bridgehead atoms. The number of thiophene rings is 1. The van der Waals surface area contributed by atoms with Crippen LogP contribution in [0.4, 0.5) is 0 Å². The summed E-state index contributed by atoms with van der Waals surface area (Å²) >= 11 is 1.21. The Hall–Kier alpha value is -2.09. The van der Waals surface area contributed by atoms with E-state index in [-0.39, 0.29) is 0 Å². The molecule has 0 saturated heterocycles. The lowest BCUT2D eigenvalue weighted by molar-refractivity contribution is 0.0695. The molecule has 1 unspecified atom stereocenters. The van der Waals surface area contributed by atoms with Crippen molar-refractivity contribution in [2.45, 2.75) is 19.2 Å². The van der Waals surface area contributed by atoms with Gasteiger partial charge < -0.3 is 19.7 Å². The quantitative estimate of drug-likeness (QED) is 0.863. The third-order valence-electron chi connectivity index (χ3n) is 4.19. The first-order chi connectivity index (χ1) is 11.5. The molecule has 0 amide bonds. The highest BCUT2D eigenvalue weighted by molar-refractivity contribution is 7.12. The van der Waals surface area contributed by atoms with Crippen LogP contribution in [0.2, 0.25) is 0 Å². The Balaban J connectivity index is 1.91. The molecule has 128 valence electrons. The number of carboxylic acid groups (broad SMARTS) is 1. The second-order valence-electron chi connectivity index (χ2n) is 5.63. The van der Waals surface area contributed by atoms with E-state index in [2.05, 4.69) is 0 Å². The number of ether oxygens (including phenoxy) is 2. The third kappa shape index (κ3) is 2.98. The van der Waals surface area contributed by atoms with Crippen LogP contribution in [0.25, 0.3) is 0 Å². The predicted octanol–water partition coefficient (Wildman–Crippen LogP) is 2.51. The molecule has 24 heavy (non-hydrogen) atoms. The van der Waals surface area contributed by atoms with Gasteiger partial charge in [-0.2, -0.15) is 0 Å². The van der Waals surface area contributed by atoms with Crippen molar-refractivity contribution in [2.24, 2.45) is 0 Å². The number of fused-ring (bicyclic) bond motifs is 1. The van der Waals surface area contributed by atoms with Gasteiger partial charge in [0, 0.05) is 30.8 Å². The van der Waals surface area contributed by atoms with E-state index in [1.165, 1.54) is 11.3 Å². The Morgan fingerprint density at radius 1 is 1.29 bits per heavy atom. The highest BCUT2D eigenvalue weighted by Gasteiger charge is 2.30. The molecule has 0 saturated carbocycles. The smallest absolute Gasteiger partial charge is 0.346 e. The number of carbonyl (C=O) groups is 1. The number of nitrogens with zero attached hydrogens (tertiary/aromatic N) is 1. The average molecular weight is 349 g/mol. The van der Waals surface area contributed by atoms with Gasteiger partial charge in [0.2, 0.25) is 0 Å². The third-order valence-corrected chi connectivity index (χ3v) is 5.14. The molecule has 0 aliphatic carbocycles. The normalized spacial score (nSPS) is 17.4. The molecule has 2 aromatic rings. The van der Waals surface area contributed by atoms with Crippen LogP contribution in [0.1, 0.15) is 32.5 Å². The zero-order valence-corrected chi connectivity index (χ0v) is 14.3. The summed E-state index contributed by atoms with van der Waals surface area (Å²) in [4.78, 5) is 13.6. The van der Waals surface area contributed by atoms with Gasteiger partial charge >= 0.3 is 5.97 Å². The van der Waals surface area contributed by atoms with Crippen LogP contribution >= 0.6 is 11.3 Å². The van der Waals surface area contributed by atoms with Gasteiger partial charge in [0.1, 0.15) is 16.4 Å². The monoisotopic (exact) mass is 349 g/mol. The van der Waals surface area contributed by atoms with Gasteiger partial charge in [0.15, 0.2) is 0 Å². The lowest BCUT2D eigenvalue weighted by Gasteiger charge is -2.33. The number of benzene rings is 1. The molecule has 1 aromatic carbocycles. The molecule has 3 rings (SSSR count). The molecular formula is C17H19NO5S. The molecule has 0 spiro atoms. The topological polar surface area (TPSA) is 79.2 Å². The molecule has 2 heterocycles. The molecule has 1 aromatic heterocycles. The summed E-state index contributed by atoms with van der Waals surface area (Å²) in [5.74, 6) is 0.412. The summed E-state index contributed by atoms with van der Waals surface area (Å²) in [6.45, 7) is 1.43. The number of aromatic carboxylic acids is 1. The van der Waals surface area contributed by atoms with E-state index in [1.54, 1.807) is 25.7 Å². The zero-order valence-electron chi connectivity index (χ0n) is 13.5. The second kappa shape index (κ2) is 6.80. The first-order valence-electron chi connectivity index (χ1n) is 7.49. The molecule has 1 aliphatic rings. The fraction of sp³-hybridized carbons (Fsp3) is 0.353. The van der Waals surface area contributed by atoms with Crippen molar-refractivity contribution >= 4 is 17.3 Å². The first-order valence-corrected chi connectivity index (χ1v) is 8.37. The Morgan fingerprint density at radius 3 is 2.67 bits per heavy atom. The maximum absolute atomic E-state index is 11.3. The molecule has 0 radical (unpaired) electrons. The highest BCUT2D eigenvalue weighted by Crippen LogP contribution is 2.39. The van der Waals surface area contributed by atoms with Crippen molar-refractivity contribution in [3.8, 4) is 11.5 Å². The van der Waals surface area contributed by atoms with Gasteiger partial charge in [0.25, 0.3) is 0 Å². The molecule has 1 aliphatic heterocycles. The van der Waals surface area contributed by atoms with Crippen LogP contribution in [0.3, 0.4) is 0 Å². The summed E-state index contributed by atoms with van der Waals surface area (Å²) in [6, 6.07) is 5.43. The van der Waals surface area contributed by atoms with E-state index >= 15 is 0 Å². The summed E-state index contributed by atoms with van der Waals surface area (Å²) in [5, 5.41) is 21.6. The van der Waals surface area contributed by atoms with Crippen molar-refractivity contribution in [3.05, 3.63) is 45.1 Å². The van der Waals surface area contributed by atoms with Crippen molar-refractivity contribution in [3.63, 3.8) is 0 Å². The van der Waals surface area contributed by atoms with E-state index in [0.29, 0.717) is 36.0 Å². The fourth-order valence-electron chi connectivity index (χ4n) is 3.15. The maximum atomic E-state index is 11.3. The Bertz CT molecular complexity index is 757. The molecule has 0 fully saturated rings. The van der Waals surface area contributed by atoms with Crippen molar-refractivity contribution in [2.75, 3.05) is 20.8 Å². The van der Waals surface area contributed by atoms with Gasteiger partial charge in [-0.15, -0.1) is 11.3 Å². The average Bonchev–Trinajstić information content (AvgIpc) is 3.02. The Labute approximate surface area is 143 Å². The molecular weight excluding hydrogens is 330 g/mol. The van der Waals surface area contributed by atoms with Crippen LogP contribution in [0.5, 0.6) is 11.5 Å². The fourth-order valence-corrected chi connectivity index (χ4v) is 3.91. The number of rotatable bonds is 5. The largest absolute Gasteiger partial charge is 0.496 e. The minimum atomic E-state index is -0.919. The highest BCUT2D eigenvalue weighted by atomic mass is 32.1. The molecule has 7 heteroatoms. The van der Waals surface area contributed by atoms with Crippen molar-refractivity contribution < 1.29 is 24.5 Å². The second-order valence-corrected chi connectivity index (χ2v) is 6.54. The van der Waals surface area contributed by atoms with E-state index in [9.17, 15) is 15.0 Å². The SMILES string of the molecule is COc1ccc(OC)c2c1CN(Cc1ccsc1C(=O)O)CC2O. The maximum Gasteiger partial charge on any atom is 0.346 e. The Kier molecular flexibility index (Phi) is 4.75. The van der Waals surface area contributed by atoms with Gasteiger partial charge in [-0.05, 0) is 29.1 Å². The molecule has 6 nitrogen and oxygen atoms in total. The summed E-state index contributed by atoms with van der Waals surface area (Å²) < 4.78 is 10.8. The lowest BCUT2D eigenvalue weighted by Crippen LogP contribution is -2.34. The van der Waals surface area contributed by atoms with Gasteiger partial charge in [-0.3, -0.25) is 4.90 Å². The molecule has 2 N–H and O–H groups in total. The summed E-state index contributed by atoms with van der Waals surface area (Å²) in [5.41, 5.74) is 2.38. The molecule has 1 atom stereocenters. The summed E-state index contributed by atoms with van der Waals surface area (Å²) in [6.07, 6.45) is -0.717. The van der Waals surface area contributed by atoms with Gasteiger partial charge in [-0.25, -0.2) is 4.79 Å². The number of β-amino-alcohol motifs (C(OH)–C–C–N with tert-alkyl or cyclic N) is 1. The van der Waals surface area contributed by atoms with Crippen LogP contribution in [-0.2, 0) is 13.1 Å². The van der Waals surface area contributed by atoms with Crippen molar-refractivity contribution in [1.82, 2.24) is 4.90 Å². The predicted molar refractivity (Wildman–Crippen MR) is 89.9 cm³/mol. The number of aliphatic hydroxyl groups excluding tert-OH is 1. The standard InChI is InChI=1S/C17H19NO5S/c1-22-13-3-4-14(23-2)15-11(13)8-18(9-12(15)19)7-10-5-6-24-16(10)17(20)21/h3-6,12,19H,7-9H2,1-2H3,(H,20,21). The Morgan fingerprint density at radius 2 is 2.00 bits per heavy atom. The van der Waals surface area contributed by atoms with E-state index < -0.39 is 12.1 Å². The van der Waals surface area contributed by atoms with Gasteiger partial charge in [-0.1, -0.05) is 0 Å². The van der Waals surface area contributed by atoms with Crippen LogP contribution in [-0.4, -0.2) is 41.8 Å². The van der Waals surface area contributed by atoms with Crippen molar-refractivity contribution in [1.29, 1.82) is 0 Å². The number of hydrogen-bond donors (Lipinski definition) is 2. The van der Waals surface area contributed by atoms with Crippen LogP contribution < -0.4 is 9.47 Å². The summed E-state index contributed by atoms with van der Waals surface area (Å²) in [7, 11) is 3.17. The minimum Gasteiger partial charge on any atom is -0.496 e.